The number of rotatable bonds is 4. The zero-order valence-electron chi connectivity index (χ0n) is 14.2. The van der Waals surface area contributed by atoms with E-state index in [1.165, 1.54) is 4.31 Å². The molecule has 140 valence electrons. The Labute approximate surface area is 155 Å². The number of piperidine rings is 2. The van der Waals surface area contributed by atoms with Gasteiger partial charge in [-0.05, 0) is 44.4 Å². The summed E-state index contributed by atoms with van der Waals surface area (Å²) in [4.78, 5) is 12.7. The molecule has 1 aromatic rings. The zero-order valence-corrected chi connectivity index (χ0v) is 15.8. The van der Waals surface area contributed by atoms with Gasteiger partial charge in [-0.25, -0.2) is 8.42 Å². The molecule has 0 saturated carbocycles. The van der Waals surface area contributed by atoms with Crippen molar-refractivity contribution in [2.45, 2.75) is 36.6 Å². The fraction of sp³-hybridized carbons (Fsp3) is 0.588. The average molecular weight is 388 g/mol. The molecule has 2 saturated heterocycles. The number of carbonyl (C=O) groups is 1. The van der Waals surface area contributed by atoms with E-state index < -0.39 is 10.0 Å². The highest BCUT2D eigenvalue weighted by Crippen LogP contribution is 2.24. The lowest BCUT2D eigenvalue weighted by molar-refractivity contribution is -0.126. The van der Waals surface area contributed by atoms with E-state index in [-0.39, 0.29) is 30.3 Å². The lowest BCUT2D eigenvalue weighted by Gasteiger charge is -2.32. The van der Waals surface area contributed by atoms with Gasteiger partial charge < -0.3 is 10.6 Å². The molecule has 2 fully saturated rings. The van der Waals surface area contributed by atoms with Crippen LogP contribution >= 0.6 is 12.4 Å². The molecule has 2 N–H and O–H groups in total. The van der Waals surface area contributed by atoms with Crippen molar-refractivity contribution in [3.63, 3.8) is 0 Å². The lowest BCUT2D eigenvalue weighted by Crippen LogP contribution is -2.49. The van der Waals surface area contributed by atoms with Crippen LogP contribution in [0.15, 0.2) is 35.2 Å². The van der Waals surface area contributed by atoms with Crippen molar-refractivity contribution in [2.24, 2.45) is 5.92 Å². The summed E-state index contributed by atoms with van der Waals surface area (Å²) in [5.41, 5.74) is 0. The van der Waals surface area contributed by atoms with E-state index >= 15 is 0 Å². The first kappa shape index (κ1) is 20.2. The number of nitrogens with one attached hydrogen (secondary N) is 2. The number of amides is 1. The molecule has 3 rings (SSSR count). The molecular weight excluding hydrogens is 362 g/mol. The van der Waals surface area contributed by atoms with Gasteiger partial charge >= 0.3 is 0 Å². The SMILES string of the molecule is Cl.O=C(N[C@H]1CCCNC1)C1CCN(S(=O)(=O)c2ccccc2)CC1. The predicted molar refractivity (Wildman–Crippen MR) is 99.2 cm³/mol. The van der Waals surface area contributed by atoms with E-state index in [0.717, 1.165) is 25.9 Å². The molecule has 1 aromatic carbocycles. The van der Waals surface area contributed by atoms with Gasteiger partial charge in [0.15, 0.2) is 0 Å². The first-order chi connectivity index (χ1) is 11.6. The number of carbonyl (C=O) groups excluding carboxylic acids is 1. The molecule has 0 spiro atoms. The van der Waals surface area contributed by atoms with E-state index in [0.29, 0.717) is 30.8 Å². The first-order valence-electron chi connectivity index (χ1n) is 8.63. The largest absolute Gasteiger partial charge is 0.352 e. The maximum Gasteiger partial charge on any atom is 0.243 e. The lowest BCUT2D eigenvalue weighted by atomic mass is 9.96. The molecule has 0 radical (unpaired) electrons. The van der Waals surface area contributed by atoms with Gasteiger partial charge in [-0.2, -0.15) is 4.31 Å². The van der Waals surface area contributed by atoms with Gasteiger partial charge in [0.2, 0.25) is 15.9 Å². The number of hydrogen-bond donors (Lipinski definition) is 2. The Kier molecular flexibility index (Phi) is 7.25. The van der Waals surface area contributed by atoms with E-state index in [2.05, 4.69) is 10.6 Å². The monoisotopic (exact) mass is 387 g/mol. The molecule has 6 nitrogen and oxygen atoms in total. The topological polar surface area (TPSA) is 78.5 Å². The Bertz CT molecular complexity index is 655. The molecule has 2 aliphatic heterocycles. The van der Waals surface area contributed by atoms with Gasteiger partial charge in [0.1, 0.15) is 0 Å². The maximum atomic E-state index is 12.6. The van der Waals surface area contributed by atoms with Crippen LogP contribution in [0.1, 0.15) is 25.7 Å². The third kappa shape index (κ3) is 4.94. The van der Waals surface area contributed by atoms with Gasteiger partial charge in [-0.15, -0.1) is 12.4 Å². The van der Waals surface area contributed by atoms with Crippen LogP contribution in [-0.2, 0) is 14.8 Å². The van der Waals surface area contributed by atoms with Crippen molar-refractivity contribution < 1.29 is 13.2 Å². The van der Waals surface area contributed by atoms with E-state index in [1.54, 1.807) is 30.3 Å². The Morgan fingerprint density at radius 3 is 2.40 bits per heavy atom. The third-order valence-corrected chi connectivity index (χ3v) is 6.76. The number of benzene rings is 1. The minimum absolute atomic E-state index is 0. The van der Waals surface area contributed by atoms with Crippen LogP contribution < -0.4 is 10.6 Å². The van der Waals surface area contributed by atoms with Crippen LogP contribution in [-0.4, -0.2) is 50.9 Å². The second kappa shape index (κ2) is 8.98. The van der Waals surface area contributed by atoms with Crippen molar-refractivity contribution in [3.05, 3.63) is 30.3 Å². The molecule has 1 atom stereocenters. The summed E-state index contributed by atoms with van der Waals surface area (Å²) < 4.78 is 26.7. The summed E-state index contributed by atoms with van der Waals surface area (Å²) in [6.07, 6.45) is 3.26. The number of sulfonamides is 1. The fourth-order valence-corrected chi connectivity index (χ4v) is 4.88. The summed E-state index contributed by atoms with van der Waals surface area (Å²) in [5, 5.41) is 6.39. The van der Waals surface area contributed by atoms with Crippen molar-refractivity contribution >= 4 is 28.3 Å². The standard InChI is InChI=1S/C17H25N3O3S.ClH/c21-17(19-15-5-4-10-18-13-15)14-8-11-20(12-9-14)24(22,23)16-6-2-1-3-7-16;/h1-3,6-7,14-15,18H,4-5,8-13H2,(H,19,21);1H/t15-;/m0./s1. The minimum Gasteiger partial charge on any atom is -0.352 e. The van der Waals surface area contributed by atoms with Gasteiger partial charge in [0.25, 0.3) is 0 Å². The summed E-state index contributed by atoms with van der Waals surface area (Å²) in [5.74, 6) is -0.0189. The van der Waals surface area contributed by atoms with Crippen molar-refractivity contribution in [3.8, 4) is 0 Å². The number of halogens is 1. The summed E-state index contributed by atoms with van der Waals surface area (Å²) in [7, 11) is -3.45. The van der Waals surface area contributed by atoms with E-state index in [4.69, 9.17) is 0 Å². The van der Waals surface area contributed by atoms with Crippen LogP contribution in [0.2, 0.25) is 0 Å². The molecule has 8 heteroatoms. The summed E-state index contributed by atoms with van der Waals surface area (Å²) in [6.45, 7) is 2.64. The highest BCUT2D eigenvalue weighted by Gasteiger charge is 2.32. The quantitative estimate of drug-likeness (QED) is 0.818. The maximum absolute atomic E-state index is 12.6. The molecule has 2 heterocycles. The highest BCUT2D eigenvalue weighted by atomic mass is 35.5. The Hall–Kier alpha value is -1.15. The normalized spacial score (nSPS) is 22.8. The van der Waals surface area contributed by atoms with Gasteiger partial charge in [0, 0.05) is 31.6 Å². The average Bonchev–Trinajstić information content (AvgIpc) is 2.63. The van der Waals surface area contributed by atoms with Gasteiger partial charge in [-0.1, -0.05) is 18.2 Å². The third-order valence-electron chi connectivity index (χ3n) is 4.85. The van der Waals surface area contributed by atoms with E-state index in [9.17, 15) is 13.2 Å². The van der Waals surface area contributed by atoms with Crippen LogP contribution in [0.4, 0.5) is 0 Å². The van der Waals surface area contributed by atoms with Gasteiger partial charge in [0.05, 0.1) is 4.90 Å². The zero-order chi connectivity index (χ0) is 17.0. The molecule has 0 bridgehead atoms. The molecule has 0 unspecified atom stereocenters. The molecule has 1 amide bonds. The molecule has 0 aromatic heterocycles. The molecule has 25 heavy (non-hydrogen) atoms. The number of nitrogens with zero attached hydrogens (tertiary/aromatic N) is 1. The number of hydrogen-bond acceptors (Lipinski definition) is 4. The Morgan fingerprint density at radius 2 is 1.80 bits per heavy atom. The van der Waals surface area contributed by atoms with Crippen LogP contribution in [0.3, 0.4) is 0 Å². The summed E-state index contributed by atoms with van der Waals surface area (Å²) in [6, 6.07) is 8.69. The minimum atomic E-state index is -3.45. The van der Waals surface area contributed by atoms with Crippen molar-refractivity contribution in [2.75, 3.05) is 26.2 Å². The van der Waals surface area contributed by atoms with Crippen LogP contribution in [0.25, 0.3) is 0 Å². The van der Waals surface area contributed by atoms with Crippen LogP contribution in [0.5, 0.6) is 0 Å². The van der Waals surface area contributed by atoms with Gasteiger partial charge in [-0.3, -0.25) is 4.79 Å². The fourth-order valence-electron chi connectivity index (χ4n) is 3.39. The first-order valence-corrected chi connectivity index (χ1v) is 10.1. The smallest absolute Gasteiger partial charge is 0.243 e. The molecular formula is C17H26ClN3O3S. The molecule has 0 aliphatic carbocycles. The van der Waals surface area contributed by atoms with Crippen LogP contribution in [0, 0.1) is 5.92 Å². The van der Waals surface area contributed by atoms with E-state index in [1.807, 2.05) is 0 Å². The second-order valence-electron chi connectivity index (χ2n) is 6.54. The highest BCUT2D eigenvalue weighted by molar-refractivity contribution is 7.89. The molecule has 2 aliphatic rings. The Morgan fingerprint density at radius 1 is 1.12 bits per heavy atom. The Balaban J connectivity index is 0.00000225. The predicted octanol–water partition coefficient (Wildman–Crippen LogP) is 1.38. The summed E-state index contributed by atoms with van der Waals surface area (Å²) >= 11 is 0. The second-order valence-corrected chi connectivity index (χ2v) is 8.48. The van der Waals surface area contributed by atoms with Crippen molar-refractivity contribution in [1.82, 2.24) is 14.9 Å². The van der Waals surface area contributed by atoms with Crippen molar-refractivity contribution in [1.29, 1.82) is 0 Å².